The van der Waals surface area contributed by atoms with Gasteiger partial charge in [0.1, 0.15) is 6.61 Å². The Morgan fingerprint density at radius 3 is 2.52 bits per heavy atom. The van der Waals surface area contributed by atoms with Gasteiger partial charge < -0.3 is 4.74 Å². The maximum Gasteiger partial charge on any atom is 0.338 e. The zero-order chi connectivity index (χ0) is 18.0. The summed E-state index contributed by atoms with van der Waals surface area (Å²) in [7, 11) is -1.15. The molecule has 3 aromatic rings. The van der Waals surface area contributed by atoms with Crippen LogP contribution in [-0.2, 0) is 22.1 Å². The van der Waals surface area contributed by atoms with E-state index in [1.165, 1.54) is 24.5 Å². The average Bonchev–Trinajstić information content (AvgIpc) is 2.98. The van der Waals surface area contributed by atoms with Crippen molar-refractivity contribution in [3.63, 3.8) is 0 Å². The van der Waals surface area contributed by atoms with Crippen LogP contribution in [0.5, 0.6) is 0 Å². The van der Waals surface area contributed by atoms with E-state index in [2.05, 4.69) is 4.98 Å². The van der Waals surface area contributed by atoms with Gasteiger partial charge in [0.15, 0.2) is 5.82 Å². The number of halogens is 2. The molecule has 1 aromatic heterocycles. The number of carbonyl (C=O) groups is 1. The van der Waals surface area contributed by atoms with Crippen LogP contribution in [0.2, 0.25) is 0 Å². The van der Waals surface area contributed by atoms with Crippen LogP contribution in [0, 0.1) is 0 Å². The number of nitrogens with zero attached hydrogens (tertiary/aromatic N) is 2. The van der Waals surface area contributed by atoms with E-state index in [1.54, 1.807) is 30.3 Å². The highest BCUT2D eigenvalue weighted by molar-refractivity contribution is 7.84. The van der Waals surface area contributed by atoms with Crippen LogP contribution in [0.25, 0.3) is 11.0 Å². The number of rotatable bonds is 5. The molecule has 130 valence electrons. The van der Waals surface area contributed by atoms with Gasteiger partial charge in [0.25, 0.3) is 0 Å². The molecule has 0 aliphatic rings. The van der Waals surface area contributed by atoms with Gasteiger partial charge in [-0.3, -0.25) is 8.78 Å². The number of carbonyl (C=O) groups excluding carboxylic acids is 1. The number of hydrogen-bond donors (Lipinski definition) is 0. The summed E-state index contributed by atoms with van der Waals surface area (Å²) in [5.41, 5.74) is 0.927. The zero-order valence-electron chi connectivity index (χ0n) is 13.2. The number of aromatic nitrogens is 2. The van der Waals surface area contributed by atoms with Crippen molar-refractivity contribution in [3.05, 3.63) is 59.9 Å². The third-order valence-corrected chi connectivity index (χ3v) is 4.55. The summed E-state index contributed by atoms with van der Waals surface area (Å²) in [5, 5.41) is 0. The van der Waals surface area contributed by atoms with E-state index in [-0.39, 0.29) is 23.5 Å². The Morgan fingerprint density at radius 1 is 1.20 bits per heavy atom. The molecule has 0 aliphatic carbocycles. The number of alkyl halides is 2. The molecule has 1 unspecified atom stereocenters. The summed E-state index contributed by atoms with van der Waals surface area (Å²) in [6.45, 7) is -3.17. The quantitative estimate of drug-likeness (QED) is 0.650. The number of fused-ring (bicyclic) bond motifs is 1. The van der Waals surface area contributed by atoms with Gasteiger partial charge in [-0.05, 0) is 36.4 Å². The molecule has 0 saturated carbocycles. The molecule has 0 N–H and O–H groups in total. The molecule has 0 fully saturated rings. The zero-order valence-corrected chi connectivity index (χ0v) is 14.0. The van der Waals surface area contributed by atoms with Gasteiger partial charge in [-0.15, -0.1) is 0 Å². The second-order valence-electron chi connectivity index (χ2n) is 5.22. The molecule has 0 radical (unpaired) electrons. The molecule has 5 nitrogen and oxygen atoms in total. The lowest BCUT2D eigenvalue weighted by Crippen LogP contribution is -2.10. The largest absolute Gasteiger partial charge is 0.454 e. The summed E-state index contributed by atoms with van der Waals surface area (Å²) in [6.07, 6.45) is 1.53. The number of para-hydroxylation sites is 2. The first-order valence-corrected chi connectivity index (χ1v) is 8.88. The molecule has 0 bridgehead atoms. The van der Waals surface area contributed by atoms with Crippen molar-refractivity contribution < 1.29 is 22.5 Å². The van der Waals surface area contributed by atoms with Crippen molar-refractivity contribution in [2.24, 2.45) is 0 Å². The topological polar surface area (TPSA) is 61.2 Å². The fourth-order valence-corrected chi connectivity index (χ4v) is 2.93. The van der Waals surface area contributed by atoms with E-state index >= 15 is 0 Å². The Balaban J connectivity index is 1.79. The van der Waals surface area contributed by atoms with Crippen molar-refractivity contribution in [2.45, 2.75) is 18.1 Å². The molecule has 8 heteroatoms. The second-order valence-corrected chi connectivity index (χ2v) is 6.60. The number of hydrogen-bond acceptors (Lipinski definition) is 4. The standard InChI is InChI=1S/C17H14F2N2O3S/c1-25(23)12-8-6-11(7-9-12)16(22)24-10-15-20-13-4-2-3-5-14(13)21(15)17(18)19/h2-9,17H,10H2,1H3. The van der Waals surface area contributed by atoms with Gasteiger partial charge in [-0.25, -0.2) is 9.78 Å². The molecular weight excluding hydrogens is 350 g/mol. The second kappa shape index (κ2) is 7.10. The van der Waals surface area contributed by atoms with Gasteiger partial charge >= 0.3 is 12.5 Å². The van der Waals surface area contributed by atoms with Gasteiger partial charge in [0, 0.05) is 22.0 Å². The first-order chi connectivity index (χ1) is 12.0. The fourth-order valence-electron chi connectivity index (χ4n) is 2.41. The smallest absolute Gasteiger partial charge is 0.338 e. The first kappa shape index (κ1) is 17.2. The molecule has 2 aromatic carbocycles. The number of ether oxygens (including phenoxy) is 1. The Bertz CT molecular complexity index is 939. The Labute approximate surface area is 144 Å². The van der Waals surface area contributed by atoms with Gasteiger partial charge in [-0.1, -0.05) is 12.1 Å². The molecule has 1 heterocycles. The third kappa shape index (κ3) is 3.58. The maximum atomic E-state index is 13.3. The Morgan fingerprint density at radius 2 is 1.88 bits per heavy atom. The van der Waals surface area contributed by atoms with Crippen LogP contribution in [0.15, 0.2) is 53.4 Å². The van der Waals surface area contributed by atoms with E-state index < -0.39 is 23.3 Å². The third-order valence-electron chi connectivity index (χ3n) is 3.62. The molecule has 1 atom stereocenters. The molecule has 3 rings (SSSR count). The number of imidazole rings is 1. The summed E-state index contributed by atoms with van der Waals surface area (Å²) >= 11 is 0. The van der Waals surface area contributed by atoms with Crippen molar-refractivity contribution in [1.82, 2.24) is 9.55 Å². The van der Waals surface area contributed by atoms with Crippen molar-refractivity contribution in [2.75, 3.05) is 6.26 Å². The molecule has 0 aliphatic heterocycles. The lowest BCUT2D eigenvalue weighted by Gasteiger charge is -2.08. The normalized spacial score (nSPS) is 12.5. The lowest BCUT2D eigenvalue weighted by molar-refractivity contribution is 0.0387. The van der Waals surface area contributed by atoms with Crippen LogP contribution in [0.4, 0.5) is 8.78 Å². The lowest BCUT2D eigenvalue weighted by atomic mass is 10.2. The van der Waals surface area contributed by atoms with Crippen LogP contribution in [0.1, 0.15) is 22.7 Å². The highest BCUT2D eigenvalue weighted by Gasteiger charge is 2.19. The summed E-state index contributed by atoms with van der Waals surface area (Å²) in [6, 6.07) is 12.6. The summed E-state index contributed by atoms with van der Waals surface area (Å²) < 4.78 is 43.8. The molecule has 0 saturated heterocycles. The van der Waals surface area contributed by atoms with Gasteiger partial charge in [-0.2, -0.15) is 8.78 Å². The fraction of sp³-hybridized carbons (Fsp3) is 0.176. The average molecular weight is 364 g/mol. The highest BCUT2D eigenvalue weighted by Crippen LogP contribution is 2.23. The van der Waals surface area contributed by atoms with Crippen LogP contribution < -0.4 is 0 Å². The predicted octanol–water partition coefficient (Wildman–Crippen LogP) is 3.53. The van der Waals surface area contributed by atoms with E-state index in [9.17, 15) is 17.8 Å². The Kier molecular flexibility index (Phi) is 4.89. The number of esters is 1. The van der Waals surface area contributed by atoms with E-state index in [0.717, 1.165) is 4.57 Å². The Hall–Kier alpha value is -2.61. The molecule has 25 heavy (non-hydrogen) atoms. The van der Waals surface area contributed by atoms with E-state index in [4.69, 9.17) is 4.74 Å². The SMILES string of the molecule is CS(=O)c1ccc(C(=O)OCc2nc3ccccc3n2C(F)F)cc1. The van der Waals surface area contributed by atoms with Crippen molar-refractivity contribution >= 4 is 27.8 Å². The van der Waals surface area contributed by atoms with Crippen molar-refractivity contribution in [1.29, 1.82) is 0 Å². The molecular formula is C17H14F2N2O3S. The minimum atomic E-state index is -2.79. The van der Waals surface area contributed by atoms with Crippen LogP contribution >= 0.6 is 0 Å². The van der Waals surface area contributed by atoms with Crippen LogP contribution in [0.3, 0.4) is 0 Å². The molecule has 0 amide bonds. The van der Waals surface area contributed by atoms with Gasteiger partial charge in [0.2, 0.25) is 0 Å². The van der Waals surface area contributed by atoms with Crippen molar-refractivity contribution in [3.8, 4) is 0 Å². The van der Waals surface area contributed by atoms with Gasteiger partial charge in [0.05, 0.1) is 16.6 Å². The minimum Gasteiger partial charge on any atom is -0.454 e. The number of benzene rings is 2. The monoisotopic (exact) mass is 364 g/mol. The maximum absolute atomic E-state index is 13.3. The predicted molar refractivity (Wildman–Crippen MR) is 88.9 cm³/mol. The van der Waals surface area contributed by atoms with E-state index in [1.807, 2.05) is 0 Å². The van der Waals surface area contributed by atoms with E-state index in [0.29, 0.717) is 10.4 Å². The minimum absolute atomic E-state index is 0.0316. The molecule has 0 spiro atoms. The highest BCUT2D eigenvalue weighted by atomic mass is 32.2. The summed E-state index contributed by atoms with van der Waals surface area (Å²) in [5.74, 6) is -0.697. The first-order valence-electron chi connectivity index (χ1n) is 7.32. The van der Waals surface area contributed by atoms with Crippen LogP contribution in [-0.4, -0.2) is 26.0 Å². The summed E-state index contributed by atoms with van der Waals surface area (Å²) in [4.78, 5) is 16.8.